The number of nitrogens with zero attached hydrogens (tertiary/aromatic N) is 1. The average molecular weight is 469 g/mol. The highest BCUT2D eigenvalue weighted by Crippen LogP contribution is 2.35. The molecule has 0 saturated heterocycles. The quantitative estimate of drug-likeness (QED) is 0.477. The van der Waals surface area contributed by atoms with Gasteiger partial charge in [-0.25, -0.2) is 9.78 Å². The molecular weight excluding hydrogens is 440 g/mol. The lowest BCUT2D eigenvalue weighted by Crippen LogP contribution is -2.30. The summed E-state index contributed by atoms with van der Waals surface area (Å²) in [6, 6.07) is 9.42. The van der Waals surface area contributed by atoms with Crippen molar-refractivity contribution in [1.29, 1.82) is 0 Å². The Labute approximate surface area is 197 Å². The van der Waals surface area contributed by atoms with Crippen LogP contribution in [0.3, 0.4) is 0 Å². The van der Waals surface area contributed by atoms with Gasteiger partial charge in [0, 0.05) is 11.3 Å². The Balaban J connectivity index is 1.74. The summed E-state index contributed by atoms with van der Waals surface area (Å²) in [5, 5.41) is 3.52. The minimum Gasteiger partial charge on any atom is -0.493 e. The summed E-state index contributed by atoms with van der Waals surface area (Å²) < 4.78 is 16.1. The Morgan fingerprint density at radius 3 is 2.21 bits per heavy atom. The van der Waals surface area contributed by atoms with Gasteiger partial charge in [-0.1, -0.05) is 17.7 Å². The Morgan fingerprint density at radius 2 is 1.61 bits per heavy atom. The summed E-state index contributed by atoms with van der Waals surface area (Å²) in [6.07, 6.45) is -0.969. The number of nitrogens with one attached hydrogen (secondary N) is 1. The lowest BCUT2D eigenvalue weighted by atomic mass is 10.0. The summed E-state index contributed by atoms with van der Waals surface area (Å²) >= 11 is 1.20. The zero-order chi connectivity index (χ0) is 24.3. The summed E-state index contributed by atoms with van der Waals surface area (Å²) in [6.45, 7) is 9.16. The van der Waals surface area contributed by atoms with E-state index in [2.05, 4.69) is 10.3 Å². The smallest absolute Gasteiger partial charge is 0.351 e. The number of amides is 1. The van der Waals surface area contributed by atoms with Crippen molar-refractivity contribution in [2.75, 3.05) is 19.5 Å². The molecule has 0 saturated carbocycles. The lowest BCUT2D eigenvalue weighted by Gasteiger charge is -2.16. The number of carbonyl (C=O) groups is 2. The first-order valence-corrected chi connectivity index (χ1v) is 11.3. The molecule has 1 aromatic heterocycles. The maximum absolute atomic E-state index is 12.8. The number of carbonyl (C=O) groups excluding carboxylic acids is 2. The number of esters is 1. The van der Waals surface area contributed by atoms with Crippen LogP contribution >= 0.6 is 11.3 Å². The van der Waals surface area contributed by atoms with Crippen molar-refractivity contribution in [2.24, 2.45) is 0 Å². The molecule has 33 heavy (non-hydrogen) atoms. The molecule has 7 nitrogen and oxygen atoms in total. The number of anilines is 1. The third kappa shape index (κ3) is 5.34. The zero-order valence-electron chi connectivity index (χ0n) is 19.9. The molecule has 0 fully saturated rings. The van der Waals surface area contributed by atoms with Crippen LogP contribution in [-0.2, 0) is 9.53 Å². The van der Waals surface area contributed by atoms with E-state index in [-0.39, 0.29) is 5.91 Å². The summed E-state index contributed by atoms with van der Waals surface area (Å²) in [4.78, 5) is 30.3. The second kappa shape index (κ2) is 10.0. The van der Waals surface area contributed by atoms with Gasteiger partial charge in [-0.3, -0.25) is 4.79 Å². The van der Waals surface area contributed by atoms with Crippen LogP contribution in [0.2, 0.25) is 0 Å². The number of hydrogen-bond donors (Lipinski definition) is 1. The topological polar surface area (TPSA) is 86.8 Å². The molecule has 1 unspecified atom stereocenters. The van der Waals surface area contributed by atoms with E-state index in [0.717, 1.165) is 27.9 Å². The number of thiazole rings is 1. The summed E-state index contributed by atoms with van der Waals surface area (Å²) in [5.41, 5.74) is 5.09. The fourth-order valence-electron chi connectivity index (χ4n) is 3.55. The number of rotatable bonds is 7. The van der Waals surface area contributed by atoms with E-state index in [1.54, 1.807) is 40.2 Å². The van der Waals surface area contributed by atoms with Crippen LogP contribution in [0, 0.1) is 27.7 Å². The molecule has 0 bridgehead atoms. The van der Waals surface area contributed by atoms with Crippen molar-refractivity contribution in [3.05, 3.63) is 57.6 Å². The van der Waals surface area contributed by atoms with Crippen LogP contribution < -0.4 is 14.8 Å². The maximum Gasteiger partial charge on any atom is 0.351 e. The van der Waals surface area contributed by atoms with Crippen LogP contribution in [0.1, 0.15) is 39.0 Å². The molecular formula is C25H28N2O5S. The second-order valence-corrected chi connectivity index (χ2v) is 8.81. The number of methoxy groups -OCH3 is 2. The minimum atomic E-state index is -0.969. The molecule has 0 aliphatic heterocycles. The molecule has 0 radical (unpaired) electrons. The molecule has 1 N–H and O–H groups in total. The van der Waals surface area contributed by atoms with Gasteiger partial charge >= 0.3 is 5.97 Å². The number of aryl methyl sites for hydroxylation is 4. The van der Waals surface area contributed by atoms with E-state index in [0.29, 0.717) is 27.1 Å². The van der Waals surface area contributed by atoms with Crippen molar-refractivity contribution in [1.82, 2.24) is 4.98 Å². The normalized spacial score (nSPS) is 11.6. The molecule has 3 rings (SSSR count). The van der Waals surface area contributed by atoms with Crippen LogP contribution in [0.4, 0.5) is 5.69 Å². The first-order valence-electron chi connectivity index (χ1n) is 10.4. The van der Waals surface area contributed by atoms with Gasteiger partial charge in [0.2, 0.25) is 0 Å². The first-order chi connectivity index (χ1) is 15.6. The minimum absolute atomic E-state index is 0.349. The molecule has 1 atom stereocenters. The van der Waals surface area contributed by atoms with E-state index in [1.807, 2.05) is 39.0 Å². The number of hydrogen-bond acceptors (Lipinski definition) is 7. The van der Waals surface area contributed by atoms with Gasteiger partial charge in [0.1, 0.15) is 9.88 Å². The molecule has 1 amide bonds. The molecule has 0 aliphatic rings. The first kappa shape index (κ1) is 24.3. The predicted octanol–water partition coefficient (Wildman–Crippen LogP) is 5.24. The third-order valence-electron chi connectivity index (χ3n) is 5.19. The maximum atomic E-state index is 12.8. The molecule has 0 spiro atoms. The third-order valence-corrected chi connectivity index (χ3v) is 6.38. The van der Waals surface area contributed by atoms with Crippen molar-refractivity contribution < 1.29 is 23.8 Å². The van der Waals surface area contributed by atoms with Crippen LogP contribution in [0.5, 0.6) is 11.5 Å². The molecule has 1 heterocycles. The lowest BCUT2D eigenvalue weighted by molar-refractivity contribution is -0.123. The summed E-state index contributed by atoms with van der Waals surface area (Å²) in [5.74, 6) is 0.199. The van der Waals surface area contributed by atoms with Gasteiger partial charge in [0.15, 0.2) is 17.6 Å². The van der Waals surface area contributed by atoms with E-state index < -0.39 is 12.1 Å². The Bertz CT molecular complexity index is 1180. The van der Waals surface area contributed by atoms with Crippen molar-refractivity contribution in [2.45, 2.75) is 40.7 Å². The monoisotopic (exact) mass is 468 g/mol. The standard InChI is InChI=1S/C25H28N2O5S/c1-13-10-14(2)21(15(3)11-13)27-23(28)17(5)32-25(29)22-16(4)26-24(33-22)18-8-9-19(30-6)20(12-18)31-7/h8-12,17H,1-7H3,(H,27,28). The SMILES string of the molecule is COc1ccc(-c2nc(C)c(C(=O)OC(C)C(=O)Nc3c(C)cc(C)cc3C)s2)cc1OC. The van der Waals surface area contributed by atoms with Gasteiger partial charge in [-0.15, -0.1) is 11.3 Å². The Morgan fingerprint density at radius 1 is 0.970 bits per heavy atom. The molecule has 2 aromatic carbocycles. The number of aromatic nitrogens is 1. The van der Waals surface area contributed by atoms with Crippen molar-refractivity contribution >= 4 is 28.9 Å². The fourth-order valence-corrected chi connectivity index (χ4v) is 4.49. The predicted molar refractivity (Wildman–Crippen MR) is 130 cm³/mol. The zero-order valence-corrected chi connectivity index (χ0v) is 20.7. The molecule has 3 aromatic rings. The number of ether oxygens (including phenoxy) is 3. The van der Waals surface area contributed by atoms with Crippen LogP contribution in [-0.4, -0.2) is 37.2 Å². The Hall–Kier alpha value is -3.39. The van der Waals surface area contributed by atoms with E-state index in [9.17, 15) is 9.59 Å². The van der Waals surface area contributed by atoms with Gasteiger partial charge in [-0.2, -0.15) is 0 Å². The second-order valence-electron chi connectivity index (χ2n) is 7.81. The highest BCUT2D eigenvalue weighted by Gasteiger charge is 2.24. The Kier molecular flexibility index (Phi) is 7.38. The van der Waals surface area contributed by atoms with E-state index in [1.165, 1.54) is 11.3 Å². The van der Waals surface area contributed by atoms with E-state index in [4.69, 9.17) is 14.2 Å². The van der Waals surface area contributed by atoms with Crippen LogP contribution in [0.15, 0.2) is 30.3 Å². The van der Waals surface area contributed by atoms with Gasteiger partial charge in [0.05, 0.1) is 19.9 Å². The van der Waals surface area contributed by atoms with Gasteiger partial charge < -0.3 is 19.5 Å². The van der Waals surface area contributed by atoms with Crippen molar-refractivity contribution in [3.8, 4) is 22.1 Å². The number of benzene rings is 2. The van der Waals surface area contributed by atoms with Gasteiger partial charge in [-0.05, 0) is 63.9 Å². The highest BCUT2D eigenvalue weighted by molar-refractivity contribution is 7.17. The largest absolute Gasteiger partial charge is 0.493 e. The fraction of sp³-hybridized carbons (Fsp3) is 0.320. The highest BCUT2D eigenvalue weighted by atomic mass is 32.1. The van der Waals surface area contributed by atoms with E-state index >= 15 is 0 Å². The molecule has 8 heteroatoms. The molecule has 174 valence electrons. The van der Waals surface area contributed by atoms with Gasteiger partial charge in [0.25, 0.3) is 5.91 Å². The van der Waals surface area contributed by atoms with Crippen molar-refractivity contribution in [3.63, 3.8) is 0 Å². The average Bonchev–Trinajstić information content (AvgIpc) is 3.17. The van der Waals surface area contributed by atoms with Crippen LogP contribution in [0.25, 0.3) is 10.6 Å². The molecule has 0 aliphatic carbocycles. The summed E-state index contributed by atoms with van der Waals surface area (Å²) in [7, 11) is 3.13.